The van der Waals surface area contributed by atoms with Crippen LogP contribution in [0.15, 0.2) is 0 Å². The molecule has 0 amide bonds. The molecule has 2 N–H and O–H groups in total. The summed E-state index contributed by atoms with van der Waals surface area (Å²) in [5.41, 5.74) is 0.516. The molecule has 0 aromatic rings. The summed E-state index contributed by atoms with van der Waals surface area (Å²) >= 11 is 0. The van der Waals surface area contributed by atoms with Crippen molar-refractivity contribution in [3.63, 3.8) is 0 Å². The van der Waals surface area contributed by atoms with Crippen molar-refractivity contribution in [3.05, 3.63) is 0 Å². The summed E-state index contributed by atoms with van der Waals surface area (Å²) in [7, 11) is 0. The van der Waals surface area contributed by atoms with Gasteiger partial charge in [-0.1, -0.05) is 19.3 Å². The molecule has 0 bridgehead atoms. The van der Waals surface area contributed by atoms with Gasteiger partial charge in [-0.05, 0) is 77.2 Å². The molecule has 1 atom stereocenters. The Hall–Kier alpha value is -0.120. The number of hydrogen-bond acceptors (Lipinski definition) is 3. The van der Waals surface area contributed by atoms with Crippen LogP contribution >= 0.6 is 0 Å². The van der Waals surface area contributed by atoms with Crippen LogP contribution < -0.4 is 10.6 Å². The number of nitrogens with one attached hydrogen (secondary N) is 2. The molecule has 20 heavy (non-hydrogen) atoms. The fourth-order valence-electron chi connectivity index (χ4n) is 4.61. The average Bonchev–Trinajstić information content (AvgIpc) is 2.99. The molecule has 3 heteroatoms. The third kappa shape index (κ3) is 3.55. The number of hydrogen-bond donors (Lipinski definition) is 2. The second-order valence-corrected chi connectivity index (χ2v) is 7.32. The van der Waals surface area contributed by atoms with Crippen molar-refractivity contribution in [2.24, 2.45) is 5.92 Å². The third-order valence-electron chi connectivity index (χ3n) is 5.85. The van der Waals surface area contributed by atoms with Crippen LogP contribution in [0.4, 0.5) is 0 Å². The van der Waals surface area contributed by atoms with Crippen LogP contribution in [0, 0.1) is 5.92 Å². The van der Waals surface area contributed by atoms with E-state index in [9.17, 15) is 0 Å². The quantitative estimate of drug-likeness (QED) is 0.809. The highest BCUT2D eigenvalue weighted by Crippen LogP contribution is 2.36. The lowest BCUT2D eigenvalue weighted by atomic mass is 9.91. The van der Waals surface area contributed by atoms with E-state index < -0.39 is 0 Å². The Morgan fingerprint density at radius 1 is 1.00 bits per heavy atom. The van der Waals surface area contributed by atoms with Crippen LogP contribution in [0.25, 0.3) is 0 Å². The summed E-state index contributed by atoms with van der Waals surface area (Å²) in [6.07, 6.45) is 12.8. The maximum absolute atomic E-state index is 3.85. The lowest BCUT2D eigenvalue weighted by Gasteiger charge is -2.44. The summed E-state index contributed by atoms with van der Waals surface area (Å²) in [4.78, 5) is 2.84. The summed E-state index contributed by atoms with van der Waals surface area (Å²) in [6.45, 7) is 7.63. The van der Waals surface area contributed by atoms with E-state index in [1.165, 1.54) is 97.1 Å². The van der Waals surface area contributed by atoms with Gasteiger partial charge in [0.05, 0.1) is 0 Å². The Labute approximate surface area is 124 Å². The van der Waals surface area contributed by atoms with Crippen molar-refractivity contribution >= 4 is 0 Å². The highest BCUT2D eigenvalue weighted by atomic mass is 15.2. The van der Waals surface area contributed by atoms with Gasteiger partial charge in [-0.25, -0.2) is 0 Å². The average molecular weight is 279 g/mol. The van der Waals surface area contributed by atoms with Crippen LogP contribution in [-0.2, 0) is 0 Å². The molecule has 0 aromatic carbocycles. The largest absolute Gasteiger partial charge is 0.316 e. The van der Waals surface area contributed by atoms with Gasteiger partial charge in [0.1, 0.15) is 0 Å². The van der Waals surface area contributed by atoms with Gasteiger partial charge in [0, 0.05) is 12.1 Å². The van der Waals surface area contributed by atoms with E-state index in [2.05, 4.69) is 15.5 Å². The van der Waals surface area contributed by atoms with Crippen LogP contribution in [-0.4, -0.2) is 49.7 Å². The van der Waals surface area contributed by atoms with Crippen molar-refractivity contribution in [1.82, 2.24) is 15.5 Å². The standard InChI is InChI=1S/C17H33N3/c1-4-11-20(12-5-1)17(8-2-3-9-17)15-19-14-16-7-6-10-18-13-16/h16,18-19H,1-15H2. The monoisotopic (exact) mass is 279 g/mol. The van der Waals surface area contributed by atoms with Crippen molar-refractivity contribution < 1.29 is 0 Å². The Bertz CT molecular complexity index is 274. The van der Waals surface area contributed by atoms with Gasteiger partial charge in [-0.2, -0.15) is 0 Å². The Kier molecular flexibility index (Phi) is 5.36. The van der Waals surface area contributed by atoms with Crippen molar-refractivity contribution in [2.75, 3.05) is 39.3 Å². The van der Waals surface area contributed by atoms with Crippen molar-refractivity contribution in [1.29, 1.82) is 0 Å². The Balaban J connectivity index is 1.48. The van der Waals surface area contributed by atoms with Gasteiger partial charge in [0.25, 0.3) is 0 Å². The van der Waals surface area contributed by atoms with Crippen LogP contribution in [0.3, 0.4) is 0 Å². The van der Waals surface area contributed by atoms with Gasteiger partial charge in [-0.15, -0.1) is 0 Å². The molecular formula is C17H33N3. The van der Waals surface area contributed by atoms with E-state index in [0.717, 1.165) is 5.92 Å². The zero-order chi connectivity index (χ0) is 13.7. The smallest absolute Gasteiger partial charge is 0.0333 e. The second kappa shape index (κ2) is 7.24. The molecule has 2 saturated heterocycles. The Morgan fingerprint density at radius 2 is 1.80 bits per heavy atom. The molecule has 2 aliphatic heterocycles. The summed E-state index contributed by atoms with van der Waals surface area (Å²) < 4.78 is 0. The van der Waals surface area contributed by atoms with Gasteiger partial charge in [0.2, 0.25) is 0 Å². The number of nitrogens with zero attached hydrogens (tertiary/aromatic N) is 1. The zero-order valence-corrected chi connectivity index (χ0v) is 13.1. The van der Waals surface area contributed by atoms with Crippen LogP contribution in [0.1, 0.15) is 57.8 Å². The number of piperidine rings is 2. The van der Waals surface area contributed by atoms with Gasteiger partial charge < -0.3 is 10.6 Å². The fourth-order valence-corrected chi connectivity index (χ4v) is 4.61. The van der Waals surface area contributed by atoms with Crippen molar-refractivity contribution in [2.45, 2.75) is 63.3 Å². The molecule has 0 radical (unpaired) electrons. The molecule has 116 valence electrons. The lowest BCUT2D eigenvalue weighted by Crippen LogP contribution is -2.55. The summed E-state index contributed by atoms with van der Waals surface area (Å²) in [5.74, 6) is 0.864. The fraction of sp³-hybridized carbons (Fsp3) is 1.00. The van der Waals surface area contributed by atoms with Gasteiger partial charge in [-0.3, -0.25) is 4.90 Å². The first-order valence-corrected chi connectivity index (χ1v) is 9.06. The predicted octanol–water partition coefficient (Wildman–Crippen LogP) is 2.37. The zero-order valence-electron chi connectivity index (χ0n) is 13.1. The van der Waals surface area contributed by atoms with Crippen LogP contribution in [0.5, 0.6) is 0 Å². The minimum atomic E-state index is 0.516. The molecule has 3 nitrogen and oxygen atoms in total. The Morgan fingerprint density at radius 3 is 2.50 bits per heavy atom. The SMILES string of the molecule is C1CCN(C2(CNCC3CCCNC3)CCCC2)CC1. The normalized spacial score (nSPS) is 31.5. The highest BCUT2D eigenvalue weighted by molar-refractivity contribution is 4.97. The molecule has 3 fully saturated rings. The van der Waals surface area contributed by atoms with E-state index in [1.54, 1.807) is 0 Å². The molecule has 3 rings (SSSR count). The molecule has 0 spiro atoms. The first kappa shape index (κ1) is 14.8. The number of rotatable bonds is 5. The first-order valence-electron chi connectivity index (χ1n) is 9.06. The number of likely N-dealkylation sites (tertiary alicyclic amines) is 1. The molecule has 0 aromatic heterocycles. The van der Waals surface area contributed by atoms with E-state index in [-0.39, 0.29) is 0 Å². The van der Waals surface area contributed by atoms with Crippen molar-refractivity contribution in [3.8, 4) is 0 Å². The maximum atomic E-state index is 3.85. The minimum absolute atomic E-state index is 0.516. The van der Waals surface area contributed by atoms with E-state index >= 15 is 0 Å². The second-order valence-electron chi connectivity index (χ2n) is 7.32. The highest BCUT2D eigenvalue weighted by Gasteiger charge is 2.39. The summed E-state index contributed by atoms with van der Waals surface area (Å²) in [5, 5.41) is 7.39. The summed E-state index contributed by atoms with van der Waals surface area (Å²) in [6, 6.07) is 0. The minimum Gasteiger partial charge on any atom is -0.316 e. The van der Waals surface area contributed by atoms with Crippen LogP contribution in [0.2, 0.25) is 0 Å². The van der Waals surface area contributed by atoms with E-state index in [0.29, 0.717) is 5.54 Å². The van der Waals surface area contributed by atoms with E-state index in [1.807, 2.05) is 0 Å². The first-order chi connectivity index (χ1) is 9.89. The predicted molar refractivity (Wildman–Crippen MR) is 85.1 cm³/mol. The van der Waals surface area contributed by atoms with E-state index in [4.69, 9.17) is 0 Å². The lowest BCUT2D eigenvalue weighted by molar-refractivity contribution is 0.0688. The molecule has 3 aliphatic rings. The molecular weight excluding hydrogens is 246 g/mol. The maximum Gasteiger partial charge on any atom is 0.0333 e. The molecule has 1 aliphatic carbocycles. The molecule has 1 saturated carbocycles. The van der Waals surface area contributed by atoms with Gasteiger partial charge >= 0.3 is 0 Å². The third-order valence-corrected chi connectivity index (χ3v) is 5.85. The molecule has 2 heterocycles. The molecule has 1 unspecified atom stereocenters. The van der Waals surface area contributed by atoms with Gasteiger partial charge in [0.15, 0.2) is 0 Å². The topological polar surface area (TPSA) is 27.3 Å².